The number of hydrogen-bond donors (Lipinski definition) is 1. The molecule has 7 rings (SSSR count). The second kappa shape index (κ2) is 10.2. The molecule has 5 aromatic rings. The van der Waals surface area contributed by atoms with Crippen LogP contribution in [0.4, 0.5) is 11.4 Å². The molecule has 0 saturated heterocycles. The molecule has 0 spiro atoms. The lowest BCUT2D eigenvalue weighted by molar-refractivity contribution is 0.750. The van der Waals surface area contributed by atoms with Crippen molar-refractivity contribution in [3.63, 3.8) is 0 Å². The molecule has 2 aliphatic heterocycles. The van der Waals surface area contributed by atoms with Crippen LogP contribution in [0.2, 0.25) is 0 Å². The number of para-hydroxylation sites is 1. The van der Waals surface area contributed by atoms with Gasteiger partial charge in [0.2, 0.25) is 5.96 Å². The average molecular weight is 539 g/mol. The molecule has 1 unspecified atom stereocenters. The molecule has 0 fully saturated rings. The predicted octanol–water partition coefficient (Wildman–Crippen LogP) is 8.87. The Hall–Kier alpha value is -4.48. The van der Waals surface area contributed by atoms with Crippen LogP contribution >= 0.6 is 11.3 Å². The van der Waals surface area contributed by atoms with Crippen molar-refractivity contribution in [2.75, 3.05) is 4.90 Å². The summed E-state index contributed by atoms with van der Waals surface area (Å²) >= 11 is 1.87. The predicted molar refractivity (Wildman–Crippen MR) is 171 cm³/mol. The maximum Gasteiger partial charge on any atom is 0.211 e. The quantitative estimate of drug-likeness (QED) is 0.233. The minimum absolute atomic E-state index is 0.350. The van der Waals surface area contributed by atoms with Gasteiger partial charge in [-0.1, -0.05) is 85.0 Å². The van der Waals surface area contributed by atoms with Crippen molar-refractivity contribution in [3.05, 3.63) is 131 Å². The SMILES string of the molecule is CC=C/C(=C\C)C1=NC(c2ccccc2)N=C(N2c3ccccc3CCc3c2ccc2sc4ccccc4c32)N1. The van der Waals surface area contributed by atoms with E-state index in [1.165, 1.54) is 37.0 Å². The molecule has 4 nitrogen and oxygen atoms in total. The number of thiophene rings is 1. The van der Waals surface area contributed by atoms with Gasteiger partial charge in [0.15, 0.2) is 6.17 Å². The van der Waals surface area contributed by atoms with Crippen molar-refractivity contribution >= 4 is 54.7 Å². The van der Waals surface area contributed by atoms with Gasteiger partial charge in [0.25, 0.3) is 0 Å². The zero-order valence-electron chi connectivity index (χ0n) is 22.6. The molecule has 1 N–H and O–H groups in total. The summed E-state index contributed by atoms with van der Waals surface area (Å²) in [5.74, 6) is 1.61. The second-order valence-corrected chi connectivity index (χ2v) is 11.2. The van der Waals surface area contributed by atoms with Crippen molar-refractivity contribution in [2.45, 2.75) is 32.9 Å². The van der Waals surface area contributed by atoms with Crippen molar-refractivity contribution < 1.29 is 0 Å². The zero-order valence-corrected chi connectivity index (χ0v) is 23.5. The van der Waals surface area contributed by atoms with Gasteiger partial charge in [0, 0.05) is 25.7 Å². The average Bonchev–Trinajstić information content (AvgIpc) is 3.30. The van der Waals surface area contributed by atoms with Gasteiger partial charge in [0.05, 0.1) is 11.4 Å². The molecule has 5 heteroatoms. The molecule has 40 heavy (non-hydrogen) atoms. The fraction of sp³-hybridized carbons (Fsp3) is 0.143. The topological polar surface area (TPSA) is 40.0 Å². The number of fused-ring (bicyclic) bond motifs is 6. The summed E-state index contributed by atoms with van der Waals surface area (Å²) in [5.41, 5.74) is 7.13. The van der Waals surface area contributed by atoms with E-state index < -0.39 is 0 Å². The Labute approximate surface area is 238 Å². The number of rotatable bonds is 3. The summed E-state index contributed by atoms with van der Waals surface area (Å²) < 4.78 is 2.66. The number of nitrogens with one attached hydrogen (secondary N) is 1. The summed E-state index contributed by atoms with van der Waals surface area (Å²) in [7, 11) is 0. The number of aliphatic imine (C=N–C) groups is 2. The number of guanidine groups is 1. The van der Waals surface area contributed by atoms with Gasteiger partial charge >= 0.3 is 0 Å². The van der Waals surface area contributed by atoms with Crippen LogP contribution in [0, 0.1) is 0 Å². The smallest absolute Gasteiger partial charge is 0.211 e. The van der Waals surface area contributed by atoms with Crippen molar-refractivity contribution in [1.82, 2.24) is 5.32 Å². The summed E-state index contributed by atoms with van der Waals surface area (Å²) in [6, 6.07) is 32.4. The first-order valence-electron chi connectivity index (χ1n) is 13.8. The van der Waals surface area contributed by atoms with Gasteiger partial charge in [-0.2, -0.15) is 0 Å². The van der Waals surface area contributed by atoms with E-state index in [1.807, 2.05) is 24.3 Å². The van der Waals surface area contributed by atoms with Crippen LogP contribution < -0.4 is 10.2 Å². The lowest BCUT2D eigenvalue weighted by atomic mass is 9.99. The van der Waals surface area contributed by atoms with Gasteiger partial charge in [0.1, 0.15) is 5.84 Å². The lowest BCUT2D eigenvalue weighted by Gasteiger charge is -2.32. The van der Waals surface area contributed by atoms with E-state index in [0.717, 1.165) is 41.5 Å². The standard InChI is InChI=1S/C35H30N4S/c1-3-12-23(4-2)33-36-34(25-14-6-5-7-15-25)38-35(37-33)39-28-17-10-8-13-24(28)19-20-26-29(39)21-22-31-32(26)27-16-9-11-18-30(27)40-31/h3-18,21-22,34H,19-20H2,1-2H3,(H,36,37,38)/b12-3?,23-4+. The molecule has 1 atom stereocenters. The summed E-state index contributed by atoms with van der Waals surface area (Å²) in [5, 5.41) is 6.35. The van der Waals surface area contributed by atoms with Gasteiger partial charge in [-0.25, -0.2) is 9.98 Å². The van der Waals surface area contributed by atoms with Crippen LogP contribution in [-0.4, -0.2) is 11.8 Å². The zero-order chi connectivity index (χ0) is 27.1. The number of nitrogens with zero attached hydrogens (tertiary/aromatic N) is 3. The van der Waals surface area contributed by atoms with E-state index in [-0.39, 0.29) is 6.17 Å². The summed E-state index contributed by atoms with van der Waals surface area (Å²) in [6.45, 7) is 4.09. The van der Waals surface area contributed by atoms with E-state index in [9.17, 15) is 0 Å². The molecule has 196 valence electrons. The third kappa shape index (κ3) is 4.14. The molecule has 0 bridgehead atoms. The summed E-state index contributed by atoms with van der Waals surface area (Å²) in [4.78, 5) is 12.7. The Morgan fingerprint density at radius 1 is 0.825 bits per heavy atom. The number of anilines is 2. The molecule has 3 heterocycles. The Balaban J connectivity index is 1.47. The van der Waals surface area contributed by atoms with Crippen molar-refractivity contribution in [3.8, 4) is 0 Å². The highest BCUT2D eigenvalue weighted by molar-refractivity contribution is 7.25. The fourth-order valence-corrected chi connectivity index (χ4v) is 7.00. The van der Waals surface area contributed by atoms with Crippen LogP contribution in [0.3, 0.4) is 0 Å². The first-order valence-corrected chi connectivity index (χ1v) is 14.6. The van der Waals surface area contributed by atoms with Crippen molar-refractivity contribution in [2.24, 2.45) is 9.98 Å². The van der Waals surface area contributed by atoms with Gasteiger partial charge in [-0.15, -0.1) is 11.3 Å². The number of amidine groups is 1. The highest BCUT2D eigenvalue weighted by Gasteiger charge is 2.30. The van der Waals surface area contributed by atoms with Crippen LogP contribution in [0.25, 0.3) is 20.2 Å². The maximum atomic E-state index is 5.27. The largest absolute Gasteiger partial charge is 0.310 e. The third-order valence-corrected chi connectivity index (χ3v) is 8.85. The number of allylic oxidation sites excluding steroid dienone is 2. The molecule has 0 amide bonds. The van der Waals surface area contributed by atoms with E-state index in [1.54, 1.807) is 0 Å². The normalized spacial score (nSPS) is 17.3. The molecule has 4 aromatic carbocycles. The maximum absolute atomic E-state index is 5.27. The minimum atomic E-state index is -0.350. The Morgan fingerprint density at radius 3 is 2.48 bits per heavy atom. The molecule has 0 radical (unpaired) electrons. The Morgan fingerprint density at radius 2 is 1.62 bits per heavy atom. The first-order chi connectivity index (χ1) is 19.7. The Kier molecular flexibility index (Phi) is 6.29. The molecule has 0 saturated carbocycles. The number of benzene rings is 4. The highest BCUT2D eigenvalue weighted by atomic mass is 32.1. The molecule has 1 aromatic heterocycles. The molecular formula is C35H30N4S. The molecule has 0 aliphatic carbocycles. The first kappa shape index (κ1) is 24.6. The molecule has 2 aliphatic rings. The Bertz CT molecular complexity index is 1860. The number of hydrogen-bond acceptors (Lipinski definition) is 5. The van der Waals surface area contributed by atoms with Crippen molar-refractivity contribution in [1.29, 1.82) is 0 Å². The van der Waals surface area contributed by atoms with Crippen LogP contribution in [0.15, 0.2) is 125 Å². The third-order valence-electron chi connectivity index (χ3n) is 7.71. The lowest BCUT2D eigenvalue weighted by Crippen LogP contribution is -2.45. The van der Waals surface area contributed by atoms with E-state index in [4.69, 9.17) is 9.98 Å². The minimum Gasteiger partial charge on any atom is -0.310 e. The van der Waals surface area contributed by atoms with Crippen LogP contribution in [-0.2, 0) is 12.8 Å². The van der Waals surface area contributed by atoms with E-state index in [2.05, 4.69) is 120 Å². The van der Waals surface area contributed by atoms with E-state index >= 15 is 0 Å². The number of aryl methyl sites for hydroxylation is 2. The monoisotopic (exact) mass is 538 g/mol. The van der Waals surface area contributed by atoms with Gasteiger partial charge in [-0.05, 0) is 67.6 Å². The van der Waals surface area contributed by atoms with Crippen LogP contribution in [0.5, 0.6) is 0 Å². The summed E-state index contributed by atoms with van der Waals surface area (Å²) in [6.07, 6.45) is 7.84. The fourth-order valence-electron chi connectivity index (χ4n) is 5.86. The molecular weight excluding hydrogens is 508 g/mol. The van der Waals surface area contributed by atoms with Gasteiger partial charge < -0.3 is 5.32 Å². The van der Waals surface area contributed by atoms with Gasteiger partial charge in [-0.3, -0.25) is 4.90 Å². The van der Waals surface area contributed by atoms with E-state index in [0.29, 0.717) is 0 Å². The second-order valence-electron chi connectivity index (χ2n) is 10.1. The van der Waals surface area contributed by atoms with Crippen LogP contribution in [0.1, 0.15) is 36.7 Å². The highest BCUT2D eigenvalue weighted by Crippen LogP contribution is 2.44.